The lowest BCUT2D eigenvalue weighted by Crippen LogP contribution is -2.58. The van der Waals surface area contributed by atoms with Gasteiger partial charge in [-0.2, -0.15) is 0 Å². The molecule has 156 valence electrons. The lowest BCUT2D eigenvalue weighted by molar-refractivity contribution is -0.136. The van der Waals surface area contributed by atoms with Gasteiger partial charge in [0.1, 0.15) is 5.82 Å². The normalized spacial score (nSPS) is 25.4. The Labute approximate surface area is 174 Å². The Balaban J connectivity index is 1.51. The van der Waals surface area contributed by atoms with Crippen LogP contribution in [0.1, 0.15) is 55.8 Å². The molecule has 5 nitrogen and oxygen atoms in total. The zero-order valence-electron chi connectivity index (χ0n) is 17.8. The molecule has 1 amide bonds. The molecule has 1 aromatic carbocycles. The molecular formula is C24H34N4O. The van der Waals surface area contributed by atoms with Gasteiger partial charge >= 0.3 is 0 Å². The predicted molar refractivity (Wildman–Crippen MR) is 116 cm³/mol. The molecule has 1 aromatic heterocycles. The van der Waals surface area contributed by atoms with Crippen molar-refractivity contribution in [2.24, 2.45) is 0 Å². The third kappa shape index (κ3) is 4.40. The van der Waals surface area contributed by atoms with E-state index in [1.807, 2.05) is 19.3 Å². The standard InChI is InChI=1S/C24H34N4O/c1-19-25-14-18-27(19)15-8-12-23(29)28-16-7-6-11-22-24(28)21(13-17-26(22)2)20-9-4-3-5-10-20/h3-5,9-10,14,18,21-22,24H,6-8,11-13,15-17H2,1-2H3/t21-,22-,24-/m1/s1. The highest BCUT2D eigenvalue weighted by Crippen LogP contribution is 2.38. The molecule has 0 saturated carbocycles. The average molecular weight is 395 g/mol. The van der Waals surface area contributed by atoms with Gasteiger partial charge in [-0.3, -0.25) is 4.79 Å². The van der Waals surface area contributed by atoms with Crippen molar-refractivity contribution in [2.45, 2.75) is 70.0 Å². The number of imidazole rings is 1. The fourth-order valence-electron chi connectivity index (χ4n) is 5.35. The average Bonchev–Trinajstić information content (AvgIpc) is 3.00. The van der Waals surface area contributed by atoms with Gasteiger partial charge in [0.2, 0.25) is 5.91 Å². The third-order valence-electron chi connectivity index (χ3n) is 6.94. The van der Waals surface area contributed by atoms with E-state index in [9.17, 15) is 4.79 Å². The number of likely N-dealkylation sites (tertiary alicyclic amines) is 2. The molecule has 2 aromatic rings. The Hall–Kier alpha value is -2.14. The molecule has 0 unspecified atom stereocenters. The first-order chi connectivity index (χ1) is 14.1. The second-order valence-electron chi connectivity index (χ2n) is 8.70. The zero-order chi connectivity index (χ0) is 20.2. The van der Waals surface area contributed by atoms with Gasteiger partial charge in [0, 0.05) is 43.9 Å². The van der Waals surface area contributed by atoms with E-state index in [4.69, 9.17) is 0 Å². The molecule has 2 fully saturated rings. The summed E-state index contributed by atoms with van der Waals surface area (Å²) in [6.07, 6.45) is 9.98. The van der Waals surface area contributed by atoms with Crippen LogP contribution in [0.25, 0.3) is 0 Å². The van der Waals surface area contributed by atoms with Gasteiger partial charge in [0.25, 0.3) is 0 Å². The maximum absolute atomic E-state index is 13.4. The van der Waals surface area contributed by atoms with Crippen LogP contribution in [0.4, 0.5) is 0 Å². The number of carbonyl (C=O) groups is 1. The van der Waals surface area contributed by atoms with Crippen LogP contribution in [-0.2, 0) is 11.3 Å². The van der Waals surface area contributed by atoms with Crippen LogP contribution in [0.5, 0.6) is 0 Å². The Kier molecular flexibility index (Phi) is 6.34. The molecule has 0 N–H and O–H groups in total. The van der Waals surface area contributed by atoms with Crippen molar-refractivity contribution >= 4 is 5.91 Å². The van der Waals surface area contributed by atoms with Crippen LogP contribution in [-0.4, -0.2) is 57.5 Å². The molecule has 29 heavy (non-hydrogen) atoms. The van der Waals surface area contributed by atoms with Crippen LogP contribution in [0.2, 0.25) is 0 Å². The molecule has 4 rings (SSSR count). The van der Waals surface area contributed by atoms with Gasteiger partial charge < -0.3 is 14.4 Å². The number of piperidine rings is 1. The summed E-state index contributed by atoms with van der Waals surface area (Å²) in [5.74, 6) is 1.79. The van der Waals surface area contributed by atoms with Gasteiger partial charge in [-0.25, -0.2) is 4.98 Å². The summed E-state index contributed by atoms with van der Waals surface area (Å²) < 4.78 is 2.14. The number of likely N-dealkylation sites (N-methyl/N-ethyl adjacent to an activating group) is 1. The predicted octanol–water partition coefficient (Wildman–Crippen LogP) is 3.84. The fourth-order valence-corrected chi connectivity index (χ4v) is 5.35. The summed E-state index contributed by atoms with van der Waals surface area (Å²) in [4.78, 5) is 22.4. The van der Waals surface area contributed by atoms with E-state index >= 15 is 0 Å². The summed E-state index contributed by atoms with van der Waals surface area (Å²) >= 11 is 0. The number of fused-ring (bicyclic) bond motifs is 1. The SMILES string of the molecule is Cc1nccn1CCCC(=O)N1CCCC[C@@H]2[C@H]1[C@@H](c1ccccc1)CCN2C. The quantitative estimate of drug-likeness (QED) is 0.774. The van der Waals surface area contributed by atoms with E-state index in [2.05, 4.69) is 56.7 Å². The molecule has 3 heterocycles. The van der Waals surface area contributed by atoms with E-state index < -0.39 is 0 Å². The highest BCUT2D eigenvalue weighted by molar-refractivity contribution is 5.76. The molecule has 3 atom stereocenters. The number of hydrogen-bond acceptors (Lipinski definition) is 3. The summed E-state index contributed by atoms with van der Waals surface area (Å²) in [5, 5.41) is 0. The molecule has 2 aliphatic rings. The number of rotatable bonds is 5. The molecule has 0 spiro atoms. The van der Waals surface area contributed by atoms with Crippen molar-refractivity contribution in [3.05, 3.63) is 54.1 Å². The highest BCUT2D eigenvalue weighted by atomic mass is 16.2. The number of benzene rings is 1. The first kappa shape index (κ1) is 20.1. The van der Waals surface area contributed by atoms with E-state index in [-0.39, 0.29) is 0 Å². The largest absolute Gasteiger partial charge is 0.338 e. The van der Waals surface area contributed by atoms with Crippen molar-refractivity contribution in [1.29, 1.82) is 0 Å². The van der Waals surface area contributed by atoms with E-state index in [0.29, 0.717) is 30.3 Å². The Morgan fingerprint density at radius 2 is 1.97 bits per heavy atom. The molecule has 0 radical (unpaired) electrons. The summed E-state index contributed by atoms with van der Waals surface area (Å²) in [6.45, 7) is 4.90. The number of carbonyl (C=O) groups excluding carboxylic acids is 1. The first-order valence-corrected chi connectivity index (χ1v) is 11.2. The minimum atomic E-state index is 0.293. The van der Waals surface area contributed by atoms with E-state index in [0.717, 1.165) is 44.7 Å². The van der Waals surface area contributed by atoms with Crippen LogP contribution < -0.4 is 0 Å². The second-order valence-corrected chi connectivity index (χ2v) is 8.70. The van der Waals surface area contributed by atoms with Crippen molar-refractivity contribution < 1.29 is 4.79 Å². The zero-order valence-corrected chi connectivity index (χ0v) is 17.8. The Bertz CT molecular complexity index is 802. The fraction of sp³-hybridized carbons (Fsp3) is 0.583. The number of aryl methyl sites for hydroxylation is 2. The van der Waals surface area contributed by atoms with Crippen molar-refractivity contribution in [3.63, 3.8) is 0 Å². The topological polar surface area (TPSA) is 41.4 Å². The monoisotopic (exact) mass is 394 g/mol. The number of hydrogen-bond donors (Lipinski definition) is 0. The van der Waals surface area contributed by atoms with E-state index in [1.54, 1.807) is 0 Å². The van der Waals surface area contributed by atoms with E-state index in [1.165, 1.54) is 18.4 Å². The molecular weight excluding hydrogens is 360 g/mol. The van der Waals surface area contributed by atoms with Crippen LogP contribution in [0.3, 0.4) is 0 Å². The van der Waals surface area contributed by atoms with Crippen molar-refractivity contribution in [1.82, 2.24) is 19.4 Å². The number of amides is 1. The first-order valence-electron chi connectivity index (χ1n) is 11.2. The van der Waals surface area contributed by atoms with Crippen LogP contribution in [0, 0.1) is 6.92 Å². The summed E-state index contributed by atoms with van der Waals surface area (Å²) in [5.41, 5.74) is 1.39. The van der Waals surface area contributed by atoms with Gasteiger partial charge in [0.15, 0.2) is 0 Å². The van der Waals surface area contributed by atoms with Gasteiger partial charge in [-0.05, 0) is 51.8 Å². The van der Waals surface area contributed by atoms with Gasteiger partial charge in [0.05, 0.1) is 6.04 Å². The number of nitrogens with zero attached hydrogens (tertiary/aromatic N) is 4. The Morgan fingerprint density at radius 1 is 1.14 bits per heavy atom. The van der Waals surface area contributed by atoms with Crippen molar-refractivity contribution in [3.8, 4) is 0 Å². The number of aromatic nitrogens is 2. The van der Waals surface area contributed by atoms with Gasteiger partial charge in [-0.15, -0.1) is 0 Å². The molecule has 5 heteroatoms. The lowest BCUT2D eigenvalue weighted by Gasteiger charge is -2.48. The third-order valence-corrected chi connectivity index (χ3v) is 6.94. The maximum atomic E-state index is 13.4. The van der Waals surface area contributed by atoms with Crippen molar-refractivity contribution in [2.75, 3.05) is 20.1 Å². The molecule has 0 aliphatic carbocycles. The molecule has 0 bridgehead atoms. The maximum Gasteiger partial charge on any atom is 0.222 e. The summed E-state index contributed by atoms with van der Waals surface area (Å²) in [7, 11) is 2.24. The lowest BCUT2D eigenvalue weighted by atomic mass is 9.79. The van der Waals surface area contributed by atoms with Crippen LogP contribution >= 0.6 is 0 Å². The molecule has 2 aliphatic heterocycles. The van der Waals surface area contributed by atoms with Crippen LogP contribution in [0.15, 0.2) is 42.7 Å². The highest BCUT2D eigenvalue weighted by Gasteiger charge is 2.43. The summed E-state index contributed by atoms with van der Waals surface area (Å²) in [6, 6.07) is 11.6. The van der Waals surface area contributed by atoms with Gasteiger partial charge in [-0.1, -0.05) is 36.8 Å². The Morgan fingerprint density at radius 3 is 2.72 bits per heavy atom. The smallest absolute Gasteiger partial charge is 0.222 e. The second kappa shape index (κ2) is 9.12. The minimum Gasteiger partial charge on any atom is -0.338 e. The molecule has 2 saturated heterocycles. The minimum absolute atomic E-state index is 0.293.